The Kier molecular flexibility index (Phi) is 3.35. The molecule has 0 aliphatic heterocycles. The summed E-state index contributed by atoms with van der Waals surface area (Å²) in [4.78, 5) is 0. The fourth-order valence-corrected chi connectivity index (χ4v) is 0.873. The monoisotopic (exact) mass is 190 g/mol. The fraction of sp³-hybridized carbons (Fsp3) is 0.167. The topological polar surface area (TPSA) is 18.5 Å². The highest BCUT2D eigenvalue weighted by Gasteiger charge is 1.98. The molecule has 0 amide bonds. The second-order valence-electron chi connectivity index (χ2n) is 2.98. The van der Waals surface area contributed by atoms with Crippen LogP contribution in [-0.4, -0.2) is 7.11 Å². The van der Waals surface area contributed by atoms with Gasteiger partial charge in [-0.3, -0.25) is 0 Å². The average Bonchev–Trinajstić information content (AvgIpc) is 2.19. The molecule has 0 radical (unpaired) electrons. The van der Waals surface area contributed by atoms with Crippen LogP contribution in [0.25, 0.3) is 0 Å². The van der Waals surface area contributed by atoms with Crippen molar-refractivity contribution in [1.82, 2.24) is 0 Å². The summed E-state index contributed by atoms with van der Waals surface area (Å²) in [5, 5.41) is 0. The van der Waals surface area contributed by atoms with Crippen molar-refractivity contribution in [3.8, 4) is 11.5 Å². The van der Waals surface area contributed by atoms with Crippen molar-refractivity contribution in [1.29, 1.82) is 0 Å². The molecule has 2 heteroatoms. The summed E-state index contributed by atoms with van der Waals surface area (Å²) < 4.78 is 10.5. The number of hydrogen-bond donors (Lipinski definition) is 0. The quantitative estimate of drug-likeness (QED) is 0.536. The van der Waals surface area contributed by atoms with Gasteiger partial charge in [-0.15, -0.1) is 0 Å². The molecule has 0 bridgehead atoms. The van der Waals surface area contributed by atoms with E-state index in [4.69, 9.17) is 9.47 Å². The normalized spacial score (nSPS) is 9.29. The maximum atomic E-state index is 5.43. The summed E-state index contributed by atoms with van der Waals surface area (Å²) in [6.45, 7) is 9.33. The van der Waals surface area contributed by atoms with E-state index >= 15 is 0 Å². The molecule has 14 heavy (non-hydrogen) atoms. The Hall–Kier alpha value is -1.70. The van der Waals surface area contributed by atoms with Crippen molar-refractivity contribution in [2.24, 2.45) is 0 Å². The summed E-state index contributed by atoms with van der Waals surface area (Å²) in [5.74, 6) is 2.12. The summed E-state index contributed by atoms with van der Waals surface area (Å²) in [6, 6.07) is 7.32. The lowest BCUT2D eigenvalue weighted by Gasteiger charge is -2.08. The van der Waals surface area contributed by atoms with Gasteiger partial charge < -0.3 is 9.47 Å². The molecule has 0 N–H and O–H groups in total. The lowest BCUT2D eigenvalue weighted by molar-refractivity contribution is 0.410. The van der Waals surface area contributed by atoms with Gasteiger partial charge in [-0.1, -0.05) is 13.2 Å². The molecule has 0 aromatic heterocycles. The van der Waals surface area contributed by atoms with E-state index in [1.165, 1.54) is 0 Å². The van der Waals surface area contributed by atoms with Crippen LogP contribution in [0.1, 0.15) is 6.92 Å². The number of rotatable bonds is 4. The van der Waals surface area contributed by atoms with Crippen LogP contribution in [0.2, 0.25) is 0 Å². The van der Waals surface area contributed by atoms with Gasteiger partial charge in [-0.2, -0.15) is 0 Å². The van der Waals surface area contributed by atoms with Gasteiger partial charge in [0.2, 0.25) is 0 Å². The molecule has 1 aromatic carbocycles. The third-order valence-corrected chi connectivity index (χ3v) is 1.78. The molecule has 0 saturated heterocycles. The second kappa shape index (κ2) is 4.51. The predicted octanol–water partition coefficient (Wildman–Crippen LogP) is 3.16. The number of methoxy groups -OCH3 is 1. The molecule has 1 rings (SSSR count). The average molecular weight is 190 g/mol. The first-order valence-corrected chi connectivity index (χ1v) is 4.30. The largest absolute Gasteiger partial charge is 0.497 e. The molecule has 0 saturated carbocycles. The fourth-order valence-electron chi connectivity index (χ4n) is 0.873. The molecule has 0 aliphatic carbocycles. The van der Waals surface area contributed by atoms with Gasteiger partial charge in [0.15, 0.2) is 0 Å². The first-order valence-electron chi connectivity index (χ1n) is 4.30. The highest BCUT2D eigenvalue weighted by atomic mass is 16.5. The van der Waals surface area contributed by atoms with E-state index in [9.17, 15) is 0 Å². The minimum atomic E-state index is 0.579. The van der Waals surface area contributed by atoms with E-state index in [-0.39, 0.29) is 0 Å². The lowest BCUT2D eigenvalue weighted by atomic mass is 10.3. The van der Waals surface area contributed by atoms with E-state index in [2.05, 4.69) is 13.2 Å². The van der Waals surface area contributed by atoms with Crippen molar-refractivity contribution < 1.29 is 9.47 Å². The molecular weight excluding hydrogens is 176 g/mol. The van der Waals surface area contributed by atoms with Crippen molar-refractivity contribution in [2.75, 3.05) is 7.11 Å². The summed E-state index contributed by atoms with van der Waals surface area (Å²) in [5.41, 5.74) is 0.820. The molecular formula is C12H14O2. The van der Waals surface area contributed by atoms with Crippen LogP contribution >= 0.6 is 0 Å². The van der Waals surface area contributed by atoms with E-state index in [0.29, 0.717) is 5.76 Å². The molecule has 0 unspecified atom stereocenters. The number of benzene rings is 1. The smallest absolute Gasteiger partial charge is 0.127 e. The van der Waals surface area contributed by atoms with E-state index < -0.39 is 0 Å². The van der Waals surface area contributed by atoms with Gasteiger partial charge in [0.1, 0.15) is 17.3 Å². The lowest BCUT2D eigenvalue weighted by Crippen LogP contribution is -1.93. The Bertz CT molecular complexity index is 336. The number of allylic oxidation sites excluding steroid dienone is 1. The zero-order chi connectivity index (χ0) is 10.6. The van der Waals surface area contributed by atoms with Gasteiger partial charge in [0.25, 0.3) is 0 Å². The first-order chi connectivity index (χ1) is 6.63. The third kappa shape index (κ3) is 2.66. The van der Waals surface area contributed by atoms with Crippen LogP contribution in [0.15, 0.2) is 48.8 Å². The molecule has 2 nitrogen and oxygen atoms in total. The standard InChI is InChI=1S/C12H14O2/c1-9(2)10(3)14-12-7-5-11(13-4)6-8-12/h5-8H,1,3H2,2,4H3. The third-order valence-electron chi connectivity index (χ3n) is 1.78. The molecule has 0 atom stereocenters. The molecule has 0 fully saturated rings. The van der Waals surface area contributed by atoms with Gasteiger partial charge >= 0.3 is 0 Å². The molecule has 0 heterocycles. The Balaban J connectivity index is 2.69. The van der Waals surface area contributed by atoms with Crippen LogP contribution in [-0.2, 0) is 0 Å². The highest BCUT2D eigenvalue weighted by molar-refractivity contribution is 5.33. The van der Waals surface area contributed by atoms with Crippen molar-refractivity contribution in [2.45, 2.75) is 6.92 Å². The van der Waals surface area contributed by atoms with E-state index in [0.717, 1.165) is 17.1 Å². The van der Waals surface area contributed by atoms with E-state index in [1.807, 2.05) is 31.2 Å². The van der Waals surface area contributed by atoms with Gasteiger partial charge in [0, 0.05) is 0 Å². The van der Waals surface area contributed by atoms with Gasteiger partial charge in [-0.25, -0.2) is 0 Å². The molecule has 74 valence electrons. The van der Waals surface area contributed by atoms with Gasteiger partial charge in [-0.05, 0) is 36.8 Å². The number of hydrogen-bond acceptors (Lipinski definition) is 2. The minimum Gasteiger partial charge on any atom is -0.497 e. The Morgan fingerprint density at radius 2 is 1.57 bits per heavy atom. The second-order valence-corrected chi connectivity index (χ2v) is 2.98. The van der Waals surface area contributed by atoms with Crippen molar-refractivity contribution >= 4 is 0 Å². The first kappa shape index (κ1) is 10.4. The Labute approximate surface area is 84.5 Å². The Morgan fingerprint density at radius 1 is 1.07 bits per heavy atom. The summed E-state index contributed by atoms with van der Waals surface area (Å²) in [6.07, 6.45) is 0. The summed E-state index contributed by atoms with van der Waals surface area (Å²) in [7, 11) is 1.63. The van der Waals surface area contributed by atoms with Crippen LogP contribution in [0.5, 0.6) is 11.5 Å². The highest BCUT2D eigenvalue weighted by Crippen LogP contribution is 2.20. The van der Waals surface area contributed by atoms with Crippen LogP contribution in [0.4, 0.5) is 0 Å². The van der Waals surface area contributed by atoms with Crippen LogP contribution < -0.4 is 9.47 Å². The Morgan fingerprint density at radius 3 is 2.00 bits per heavy atom. The van der Waals surface area contributed by atoms with Crippen LogP contribution in [0, 0.1) is 0 Å². The predicted molar refractivity (Wildman–Crippen MR) is 57.6 cm³/mol. The molecule has 0 aliphatic rings. The maximum absolute atomic E-state index is 5.43. The molecule has 0 spiro atoms. The van der Waals surface area contributed by atoms with Crippen molar-refractivity contribution in [3.05, 3.63) is 48.8 Å². The summed E-state index contributed by atoms with van der Waals surface area (Å²) >= 11 is 0. The number of ether oxygens (including phenoxy) is 2. The van der Waals surface area contributed by atoms with Gasteiger partial charge in [0.05, 0.1) is 7.11 Å². The zero-order valence-corrected chi connectivity index (χ0v) is 8.54. The zero-order valence-electron chi connectivity index (χ0n) is 8.54. The minimum absolute atomic E-state index is 0.579. The van der Waals surface area contributed by atoms with Crippen LogP contribution in [0.3, 0.4) is 0 Å². The maximum Gasteiger partial charge on any atom is 0.127 e. The SMILES string of the molecule is C=C(C)C(=C)Oc1ccc(OC)cc1. The van der Waals surface area contributed by atoms with E-state index in [1.54, 1.807) is 7.11 Å². The molecule has 1 aromatic rings. The van der Waals surface area contributed by atoms with Crippen molar-refractivity contribution in [3.63, 3.8) is 0 Å².